The van der Waals surface area contributed by atoms with Crippen molar-refractivity contribution in [3.05, 3.63) is 0 Å². The summed E-state index contributed by atoms with van der Waals surface area (Å²) in [6.07, 6.45) is 49.5. The summed E-state index contributed by atoms with van der Waals surface area (Å²) < 4.78 is 16.8. The number of unbranched alkanes of at least 4 members (excludes halogenated alkanes) is 34. The summed E-state index contributed by atoms with van der Waals surface area (Å²) in [6.45, 7) is 9.00. The van der Waals surface area contributed by atoms with E-state index in [1.54, 1.807) is 0 Å². The number of carbonyl (C=O) groups excluding carboxylic acids is 3. The molecule has 0 aliphatic rings. The second kappa shape index (κ2) is 47.5. The lowest BCUT2D eigenvalue weighted by Gasteiger charge is -2.18. The molecular formula is C53H102O6. The third kappa shape index (κ3) is 45.8. The average molecular weight is 835 g/mol. The lowest BCUT2D eigenvalue weighted by atomic mass is 10.00. The maximum absolute atomic E-state index is 12.8. The van der Waals surface area contributed by atoms with Crippen molar-refractivity contribution in [2.24, 2.45) is 5.92 Å². The van der Waals surface area contributed by atoms with Crippen LogP contribution in [0.1, 0.15) is 297 Å². The van der Waals surface area contributed by atoms with Crippen LogP contribution in [-0.4, -0.2) is 37.2 Å². The van der Waals surface area contributed by atoms with Crippen molar-refractivity contribution in [1.82, 2.24) is 0 Å². The van der Waals surface area contributed by atoms with Crippen LogP contribution in [-0.2, 0) is 28.6 Å². The number of carbonyl (C=O) groups is 3. The van der Waals surface area contributed by atoms with Gasteiger partial charge in [0.1, 0.15) is 13.2 Å². The fourth-order valence-corrected chi connectivity index (χ4v) is 8.01. The van der Waals surface area contributed by atoms with E-state index in [2.05, 4.69) is 27.7 Å². The third-order valence-electron chi connectivity index (χ3n) is 12.4. The molecule has 0 aromatic rings. The van der Waals surface area contributed by atoms with Gasteiger partial charge in [-0.3, -0.25) is 14.4 Å². The van der Waals surface area contributed by atoms with Crippen molar-refractivity contribution in [2.45, 2.75) is 303 Å². The van der Waals surface area contributed by atoms with Crippen molar-refractivity contribution >= 4 is 17.9 Å². The molecule has 0 aromatic carbocycles. The first kappa shape index (κ1) is 57.4. The summed E-state index contributed by atoms with van der Waals surface area (Å²) in [5.74, 6) is -0.0324. The minimum Gasteiger partial charge on any atom is -0.462 e. The van der Waals surface area contributed by atoms with E-state index in [9.17, 15) is 14.4 Å². The predicted molar refractivity (Wildman–Crippen MR) is 252 cm³/mol. The lowest BCUT2D eigenvalue weighted by molar-refractivity contribution is -0.167. The van der Waals surface area contributed by atoms with E-state index in [0.29, 0.717) is 19.3 Å². The molecule has 0 bridgehead atoms. The standard InChI is InChI=1S/C53H102O6/c1-5-8-10-12-14-16-18-20-21-22-23-24-26-27-29-31-36-40-44-51(54)57-47-50(48-58-52(55)45-41-37-34-33-35-39-43-49(4)7-3)59-53(56)46-42-38-32-30-28-25-19-17-15-13-11-9-6-2/h49-50H,5-48H2,1-4H3/t49?,50-/m0/s1. The molecule has 0 spiro atoms. The van der Waals surface area contributed by atoms with Gasteiger partial charge in [-0.25, -0.2) is 0 Å². The first-order valence-corrected chi connectivity index (χ1v) is 26.4. The zero-order chi connectivity index (χ0) is 43.1. The van der Waals surface area contributed by atoms with Gasteiger partial charge in [-0.2, -0.15) is 0 Å². The molecule has 0 fully saturated rings. The van der Waals surface area contributed by atoms with Crippen LogP contribution in [0.15, 0.2) is 0 Å². The van der Waals surface area contributed by atoms with E-state index in [1.165, 1.54) is 193 Å². The van der Waals surface area contributed by atoms with Crippen molar-refractivity contribution in [1.29, 1.82) is 0 Å². The highest BCUT2D eigenvalue weighted by atomic mass is 16.6. The van der Waals surface area contributed by atoms with Gasteiger partial charge in [0.15, 0.2) is 6.10 Å². The van der Waals surface area contributed by atoms with Crippen LogP contribution < -0.4 is 0 Å². The molecule has 2 atom stereocenters. The van der Waals surface area contributed by atoms with E-state index in [4.69, 9.17) is 14.2 Å². The molecule has 0 aliphatic carbocycles. The van der Waals surface area contributed by atoms with Gasteiger partial charge in [-0.1, -0.05) is 259 Å². The second-order valence-electron chi connectivity index (χ2n) is 18.4. The normalized spacial score (nSPS) is 12.4. The Morgan fingerprint density at radius 3 is 0.881 bits per heavy atom. The third-order valence-corrected chi connectivity index (χ3v) is 12.4. The summed E-state index contributed by atoms with van der Waals surface area (Å²) in [5, 5.41) is 0. The molecule has 0 aliphatic heterocycles. The van der Waals surface area contributed by atoms with Crippen molar-refractivity contribution in [3.63, 3.8) is 0 Å². The Morgan fingerprint density at radius 2 is 0.593 bits per heavy atom. The number of hydrogen-bond acceptors (Lipinski definition) is 6. The number of ether oxygens (including phenoxy) is 3. The second-order valence-corrected chi connectivity index (χ2v) is 18.4. The van der Waals surface area contributed by atoms with Crippen LogP contribution in [0.25, 0.3) is 0 Å². The molecular weight excluding hydrogens is 733 g/mol. The average Bonchev–Trinajstić information content (AvgIpc) is 3.23. The molecule has 0 N–H and O–H groups in total. The molecule has 6 nitrogen and oxygen atoms in total. The van der Waals surface area contributed by atoms with E-state index in [-0.39, 0.29) is 31.1 Å². The molecule has 1 unspecified atom stereocenters. The van der Waals surface area contributed by atoms with Crippen molar-refractivity contribution in [2.75, 3.05) is 13.2 Å². The van der Waals surface area contributed by atoms with Gasteiger partial charge in [0.05, 0.1) is 0 Å². The summed E-state index contributed by atoms with van der Waals surface area (Å²) in [7, 11) is 0. The fraction of sp³-hybridized carbons (Fsp3) is 0.943. The highest BCUT2D eigenvalue weighted by Gasteiger charge is 2.19. The molecule has 350 valence electrons. The highest BCUT2D eigenvalue weighted by Crippen LogP contribution is 2.18. The summed E-state index contributed by atoms with van der Waals surface area (Å²) in [5.41, 5.74) is 0. The monoisotopic (exact) mass is 835 g/mol. The van der Waals surface area contributed by atoms with Gasteiger partial charge in [0.25, 0.3) is 0 Å². The van der Waals surface area contributed by atoms with Crippen LogP contribution in [0.2, 0.25) is 0 Å². The topological polar surface area (TPSA) is 78.9 Å². The quantitative estimate of drug-likeness (QED) is 0.0345. The summed E-state index contributed by atoms with van der Waals surface area (Å²) in [6, 6.07) is 0. The number of esters is 3. The molecule has 0 rings (SSSR count). The highest BCUT2D eigenvalue weighted by molar-refractivity contribution is 5.71. The molecule has 0 amide bonds. The summed E-state index contributed by atoms with van der Waals surface area (Å²) in [4.78, 5) is 37.9. The van der Waals surface area contributed by atoms with Crippen molar-refractivity contribution in [3.8, 4) is 0 Å². The molecule has 59 heavy (non-hydrogen) atoms. The zero-order valence-electron chi connectivity index (χ0n) is 40.2. The van der Waals surface area contributed by atoms with Crippen LogP contribution in [0.3, 0.4) is 0 Å². The fourth-order valence-electron chi connectivity index (χ4n) is 8.01. The Kier molecular flexibility index (Phi) is 46.2. The molecule has 0 saturated carbocycles. The largest absolute Gasteiger partial charge is 0.462 e. The smallest absolute Gasteiger partial charge is 0.306 e. The van der Waals surface area contributed by atoms with Gasteiger partial charge in [0.2, 0.25) is 0 Å². The summed E-state index contributed by atoms with van der Waals surface area (Å²) >= 11 is 0. The Hall–Kier alpha value is -1.59. The molecule has 6 heteroatoms. The minimum absolute atomic E-state index is 0.0633. The van der Waals surface area contributed by atoms with Gasteiger partial charge in [0, 0.05) is 19.3 Å². The Morgan fingerprint density at radius 1 is 0.339 bits per heavy atom. The maximum Gasteiger partial charge on any atom is 0.306 e. The van der Waals surface area contributed by atoms with E-state index < -0.39 is 6.10 Å². The first-order valence-electron chi connectivity index (χ1n) is 26.4. The lowest BCUT2D eigenvalue weighted by Crippen LogP contribution is -2.30. The van der Waals surface area contributed by atoms with Gasteiger partial charge < -0.3 is 14.2 Å². The predicted octanol–water partition coefficient (Wildman–Crippen LogP) is 17.1. The van der Waals surface area contributed by atoms with Crippen LogP contribution >= 0.6 is 0 Å². The Labute approximate surface area is 368 Å². The van der Waals surface area contributed by atoms with Gasteiger partial charge in [-0.15, -0.1) is 0 Å². The Balaban J connectivity index is 4.25. The van der Waals surface area contributed by atoms with Crippen LogP contribution in [0, 0.1) is 5.92 Å². The van der Waals surface area contributed by atoms with E-state index in [0.717, 1.165) is 63.7 Å². The minimum atomic E-state index is -0.761. The zero-order valence-corrected chi connectivity index (χ0v) is 40.2. The van der Waals surface area contributed by atoms with Crippen LogP contribution in [0.4, 0.5) is 0 Å². The molecule has 0 radical (unpaired) electrons. The molecule has 0 aromatic heterocycles. The van der Waals surface area contributed by atoms with Gasteiger partial charge in [-0.05, 0) is 25.2 Å². The Bertz CT molecular complexity index is 889. The first-order chi connectivity index (χ1) is 28.9. The van der Waals surface area contributed by atoms with Crippen molar-refractivity contribution < 1.29 is 28.6 Å². The van der Waals surface area contributed by atoms with Gasteiger partial charge >= 0.3 is 17.9 Å². The van der Waals surface area contributed by atoms with E-state index >= 15 is 0 Å². The van der Waals surface area contributed by atoms with E-state index in [1.807, 2.05) is 0 Å². The maximum atomic E-state index is 12.8. The molecule has 0 saturated heterocycles. The molecule has 0 heterocycles. The van der Waals surface area contributed by atoms with Crippen LogP contribution in [0.5, 0.6) is 0 Å². The number of hydrogen-bond donors (Lipinski definition) is 0. The SMILES string of the molecule is CCCCCCCCCCCCCCCCCCCCC(=O)OC[C@@H](COC(=O)CCCCCCCCC(C)CC)OC(=O)CCCCCCCCCCCCCCC. The number of rotatable bonds is 48.